The third-order valence-corrected chi connectivity index (χ3v) is 3.45. The maximum atomic E-state index is 12.7. The lowest BCUT2D eigenvalue weighted by atomic mass is 10.2. The monoisotopic (exact) mass is 347 g/mol. The first-order valence-electron chi connectivity index (χ1n) is 7.25. The second-order valence-electron chi connectivity index (χ2n) is 4.40. The van der Waals surface area contributed by atoms with Gasteiger partial charge >= 0.3 is 6.61 Å². The molecule has 0 fully saturated rings. The van der Waals surface area contributed by atoms with Crippen LogP contribution < -0.4 is 20.1 Å². The first-order valence-corrected chi connectivity index (χ1v) is 8.64. The summed E-state index contributed by atoms with van der Waals surface area (Å²) in [5.41, 5.74) is 0.573. The minimum absolute atomic E-state index is 0.0522. The van der Waals surface area contributed by atoms with Gasteiger partial charge in [0.15, 0.2) is 17.5 Å². The summed E-state index contributed by atoms with van der Waals surface area (Å²) in [7, 11) is 1.65. The van der Waals surface area contributed by atoms with Crippen molar-refractivity contribution in [3.63, 3.8) is 0 Å². The number of aliphatic imine (C=N–C) groups is 1. The molecule has 0 aliphatic carbocycles. The number of nitrogens with one attached hydrogen (secondary N) is 2. The summed E-state index contributed by atoms with van der Waals surface area (Å²) in [5.74, 6) is 1.90. The van der Waals surface area contributed by atoms with E-state index < -0.39 is 6.61 Å². The van der Waals surface area contributed by atoms with Crippen LogP contribution in [0.25, 0.3) is 0 Å². The zero-order valence-corrected chi connectivity index (χ0v) is 14.4. The minimum atomic E-state index is -2.91. The Hall–Kier alpha value is -1.70. The first-order chi connectivity index (χ1) is 11.1. The van der Waals surface area contributed by atoms with Crippen molar-refractivity contribution in [1.29, 1.82) is 0 Å². The fraction of sp³-hybridized carbons (Fsp3) is 0.533. The van der Waals surface area contributed by atoms with Gasteiger partial charge in [-0.05, 0) is 19.2 Å². The molecule has 0 saturated heterocycles. The van der Waals surface area contributed by atoms with Gasteiger partial charge in [-0.25, -0.2) is 0 Å². The van der Waals surface area contributed by atoms with Crippen molar-refractivity contribution in [2.24, 2.45) is 4.99 Å². The number of guanidine groups is 1. The second kappa shape index (κ2) is 10.9. The van der Waals surface area contributed by atoms with Gasteiger partial charge in [-0.1, -0.05) is 12.1 Å². The lowest BCUT2D eigenvalue weighted by molar-refractivity contribution is -0.0520. The van der Waals surface area contributed by atoms with Crippen molar-refractivity contribution >= 4 is 17.7 Å². The van der Waals surface area contributed by atoms with Crippen molar-refractivity contribution in [1.82, 2.24) is 10.6 Å². The molecule has 2 N–H and O–H groups in total. The van der Waals surface area contributed by atoms with Gasteiger partial charge in [-0.3, -0.25) is 4.99 Å². The normalized spacial score (nSPS) is 11.5. The SMILES string of the molecule is CCOc1cccc(CNC(=NC)NCCSC)c1OC(F)F. The van der Waals surface area contributed by atoms with Crippen LogP contribution in [-0.2, 0) is 6.54 Å². The Kier molecular flexibility index (Phi) is 9.20. The van der Waals surface area contributed by atoms with Crippen LogP contribution in [0.1, 0.15) is 12.5 Å². The van der Waals surface area contributed by atoms with Gasteiger partial charge < -0.3 is 20.1 Å². The maximum absolute atomic E-state index is 12.7. The van der Waals surface area contributed by atoms with Crippen LogP contribution in [0.4, 0.5) is 8.78 Å². The molecular formula is C15H23F2N3O2S. The van der Waals surface area contributed by atoms with E-state index in [0.717, 1.165) is 12.3 Å². The van der Waals surface area contributed by atoms with Gasteiger partial charge in [0.05, 0.1) is 6.61 Å². The van der Waals surface area contributed by atoms with Gasteiger partial charge in [-0.15, -0.1) is 0 Å². The van der Waals surface area contributed by atoms with Crippen molar-refractivity contribution < 1.29 is 18.3 Å². The van der Waals surface area contributed by atoms with Crippen LogP contribution in [0, 0.1) is 0 Å². The molecule has 0 amide bonds. The molecule has 5 nitrogen and oxygen atoms in total. The molecule has 0 radical (unpaired) electrons. The van der Waals surface area contributed by atoms with Crippen molar-refractivity contribution in [2.75, 3.05) is 32.2 Å². The first kappa shape index (κ1) is 19.3. The highest BCUT2D eigenvalue weighted by Gasteiger charge is 2.15. The number of rotatable bonds is 9. The number of ether oxygens (including phenoxy) is 2. The molecule has 0 aromatic heterocycles. The highest BCUT2D eigenvalue weighted by Crippen LogP contribution is 2.32. The van der Waals surface area contributed by atoms with E-state index in [2.05, 4.69) is 20.4 Å². The van der Waals surface area contributed by atoms with Gasteiger partial charge in [0, 0.05) is 31.5 Å². The number of thioether (sulfide) groups is 1. The number of benzene rings is 1. The van der Waals surface area contributed by atoms with E-state index >= 15 is 0 Å². The van der Waals surface area contributed by atoms with Gasteiger partial charge in [0.1, 0.15) is 0 Å². The lowest BCUT2D eigenvalue weighted by Crippen LogP contribution is -2.38. The quantitative estimate of drug-likeness (QED) is 0.409. The van der Waals surface area contributed by atoms with E-state index in [9.17, 15) is 8.78 Å². The number of hydrogen-bond acceptors (Lipinski definition) is 4. The Morgan fingerprint density at radius 3 is 2.74 bits per heavy atom. The number of halogens is 2. The van der Waals surface area contributed by atoms with Crippen molar-refractivity contribution in [2.45, 2.75) is 20.1 Å². The maximum Gasteiger partial charge on any atom is 0.387 e. The van der Waals surface area contributed by atoms with Gasteiger partial charge in [-0.2, -0.15) is 20.5 Å². The van der Waals surface area contributed by atoms with Crippen LogP contribution in [0.2, 0.25) is 0 Å². The molecule has 0 aliphatic heterocycles. The van der Waals surface area contributed by atoms with Crippen LogP contribution in [-0.4, -0.2) is 44.8 Å². The number of para-hydroxylation sites is 1. The Labute approximate surface area is 139 Å². The summed E-state index contributed by atoms with van der Waals surface area (Å²) in [5, 5.41) is 6.22. The lowest BCUT2D eigenvalue weighted by Gasteiger charge is -2.17. The topological polar surface area (TPSA) is 54.9 Å². The molecule has 1 aromatic carbocycles. The predicted octanol–water partition coefficient (Wildman–Crippen LogP) is 2.71. The average molecular weight is 347 g/mol. The smallest absolute Gasteiger partial charge is 0.387 e. The molecule has 0 unspecified atom stereocenters. The molecule has 8 heteroatoms. The van der Waals surface area contributed by atoms with Crippen LogP contribution in [0.3, 0.4) is 0 Å². The Balaban J connectivity index is 2.79. The average Bonchev–Trinajstić information content (AvgIpc) is 2.53. The fourth-order valence-corrected chi connectivity index (χ4v) is 2.17. The third kappa shape index (κ3) is 6.94. The molecule has 0 bridgehead atoms. The van der Waals surface area contributed by atoms with E-state index in [-0.39, 0.29) is 5.75 Å². The van der Waals surface area contributed by atoms with E-state index in [0.29, 0.717) is 30.4 Å². The standard InChI is InChI=1S/C15H23F2N3O2S/c1-4-21-12-7-5-6-11(13(12)22-14(16)17)10-20-15(18-2)19-8-9-23-3/h5-7,14H,4,8-10H2,1-3H3,(H2,18,19,20). The van der Waals surface area contributed by atoms with Crippen LogP contribution >= 0.6 is 11.8 Å². The number of nitrogens with zero attached hydrogens (tertiary/aromatic N) is 1. The number of alkyl halides is 2. The molecule has 1 rings (SSSR count). The molecule has 23 heavy (non-hydrogen) atoms. The van der Waals surface area contributed by atoms with Gasteiger partial charge in [0.25, 0.3) is 0 Å². The Morgan fingerprint density at radius 2 is 2.13 bits per heavy atom. The zero-order chi connectivity index (χ0) is 17.1. The third-order valence-electron chi connectivity index (χ3n) is 2.84. The summed E-state index contributed by atoms with van der Waals surface area (Å²) >= 11 is 1.72. The van der Waals surface area contributed by atoms with E-state index in [1.165, 1.54) is 0 Å². The Bertz CT molecular complexity index is 502. The summed E-state index contributed by atoms with van der Waals surface area (Å²) in [6.07, 6.45) is 2.02. The zero-order valence-electron chi connectivity index (χ0n) is 13.6. The molecule has 130 valence electrons. The van der Waals surface area contributed by atoms with E-state index in [1.54, 1.807) is 43.9 Å². The van der Waals surface area contributed by atoms with Gasteiger partial charge in [0.2, 0.25) is 0 Å². The highest BCUT2D eigenvalue weighted by atomic mass is 32.2. The summed E-state index contributed by atoms with van der Waals surface area (Å²) < 4.78 is 35.3. The van der Waals surface area contributed by atoms with Crippen molar-refractivity contribution in [3.8, 4) is 11.5 Å². The molecule has 1 aromatic rings. The largest absolute Gasteiger partial charge is 0.490 e. The molecule has 0 saturated carbocycles. The molecule has 0 spiro atoms. The van der Waals surface area contributed by atoms with E-state index in [4.69, 9.17) is 4.74 Å². The van der Waals surface area contributed by atoms with Crippen LogP contribution in [0.5, 0.6) is 11.5 Å². The van der Waals surface area contributed by atoms with Crippen molar-refractivity contribution in [3.05, 3.63) is 23.8 Å². The summed E-state index contributed by atoms with van der Waals surface area (Å²) in [6, 6.07) is 5.06. The van der Waals surface area contributed by atoms with E-state index in [1.807, 2.05) is 6.26 Å². The molecular weight excluding hydrogens is 324 g/mol. The summed E-state index contributed by atoms with van der Waals surface area (Å²) in [4.78, 5) is 4.09. The molecule has 0 atom stereocenters. The second-order valence-corrected chi connectivity index (χ2v) is 5.39. The van der Waals surface area contributed by atoms with Crippen LogP contribution in [0.15, 0.2) is 23.2 Å². The predicted molar refractivity (Wildman–Crippen MR) is 90.8 cm³/mol. The summed E-state index contributed by atoms with van der Waals surface area (Å²) in [6.45, 7) is 0.305. The molecule has 0 aliphatic rings. The Morgan fingerprint density at radius 1 is 1.35 bits per heavy atom. The number of hydrogen-bond donors (Lipinski definition) is 2. The highest BCUT2D eigenvalue weighted by molar-refractivity contribution is 7.98. The molecule has 0 heterocycles. The fourth-order valence-electron chi connectivity index (χ4n) is 1.86. The minimum Gasteiger partial charge on any atom is -0.490 e.